The molecular formula is C48H32N2O2. The summed E-state index contributed by atoms with van der Waals surface area (Å²) in [5, 5.41) is 6.25. The molecule has 0 aliphatic carbocycles. The van der Waals surface area contributed by atoms with Gasteiger partial charge in [-0.25, -0.2) is 0 Å². The highest BCUT2D eigenvalue weighted by molar-refractivity contribution is 6.15. The van der Waals surface area contributed by atoms with Crippen LogP contribution in [0.25, 0.3) is 113 Å². The fraction of sp³-hybridized carbons (Fsp3) is 0. The second-order valence-corrected chi connectivity index (χ2v) is 13.5. The van der Waals surface area contributed by atoms with Gasteiger partial charge in [0.2, 0.25) is 0 Å². The van der Waals surface area contributed by atoms with Gasteiger partial charge in [0.1, 0.15) is 22.2 Å². The van der Waals surface area contributed by atoms with Gasteiger partial charge in [0.15, 0.2) is 0 Å². The molecule has 4 heteroatoms. The molecule has 0 atom stereocenters. The second kappa shape index (κ2) is 11.2. The van der Waals surface area contributed by atoms with Crippen LogP contribution in [0.4, 0.5) is 0 Å². The molecule has 0 fully saturated rings. The summed E-state index contributed by atoms with van der Waals surface area (Å²) in [4.78, 5) is 0. The van der Waals surface area contributed by atoms with E-state index in [0.717, 1.165) is 93.8 Å². The van der Waals surface area contributed by atoms with Crippen molar-refractivity contribution in [2.45, 2.75) is 0 Å². The Labute approximate surface area is 299 Å². The predicted molar refractivity (Wildman–Crippen MR) is 218 cm³/mol. The molecule has 0 unspecified atom stereocenters. The first kappa shape index (κ1) is 29.8. The maximum atomic E-state index is 6.85. The van der Waals surface area contributed by atoms with Gasteiger partial charge < -0.3 is 19.1 Å². The highest BCUT2D eigenvalue weighted by Gasteiger charge is 2.19. The van der Waals surface area contributed by atoms with Crippen LogP contribution in [0.5, 0.6) is 0 Å². The highest BCUT2D eigenvalue weighted by Crippen LogP contribution is 2.43. The van der Waals surface area contributed by atoms with Gasteiger partial charge in [-0.3, -0.25) is 0 Å². The number of para-hydroxylation sites is 2. The molecule has 2 N–H and O–H groups in total. The zero-order valence-electron chi connectivity index (χ0n) is 28.3. The van der Waals surface area contributed by atoms with Crippen molar-refractivity contribution in [1.29, 1.82) is 0 Å². The molecule has 0 aliphatic heterocycles. The van der Waals surface area contributed by atoms with E-state index in [-0.39, 0.29) is 0 Å². The summed E-state index contributed by atoms with van der Waals surface area (Å²) < 4.78 is 15.1. The van der Waals surface area contributed by atoms with Gasteiger partial charge >= 0.3 is 0 Å². The molecule has 3 aromatic heterocycles. The van der Waals surface area contributed by atoms with Gasteiger partial charge in [-0.1, -0.05) is 92.5 Å². The van der Waals surface area contributed by atoms with Crippen LogP contribution in [0.15, 0.2) is 161 Å². The van der Waals surface area contributed by atoms with Gasteiger partial charge in [-0.2, -0.15) is 0 Å². The Morgan fingerprint density at radius 3 is 1.90 bits per heavy atom. The molecule has 246 valence electrons. The number of nitrogens with zero attached hydrogens (tertiary/aromatic N) is 1. The number of fused-ring (bicyclic) bond motifs is 7. The first-order valence-corrected chi connectivity index (χ1v) is 17.3. The molecule has 0 radical (unpaired) electrons. The first-order chi connectivity index (χ1) is 25.4. The molecule has 0 saturated heterocycles. The molecule has 0 aliphatic rings. The van der Waals surface area contributed by atoms with E-state index in [1.807, 2.05) is 24.3 Å². The molecule has 0 amide bonds. The van der Waals surface area contributed by atoms with Crippen molar-refractivity contribution in [3.05, 3.63) is 168 Å². The molecule has 3 heterocycles. The molecule has 10 aromatic rings. The van der Waals surface area contributed by atoms with Crippen molar-refractivity contribution in [2.24, 2.45) is 5.73 Å². The van der Waals surface area contributed by atoms with E-state index in [1.54, 1.807) is 0 Å². The minimum atomic E-state index is 0.513. The first-order valence-electron chi connectivity index (χ1n) is 17.3. The van der Waals surface area contributed by atoms with Crippen molar-refractivity contribution in [3.63, 3.8) is 0 Å². The van der Waals surface area contributed by atoms with E-state index in [2.05, 4.69) is 146 Å². The lowest BCUT2D eigenvalue weighted by atomic mass is 9.91. The summed E-state index contributed by atoms with van der Waals surface area (Å²) in [6.07, 6.45) is 0. The van der Waals surface area contributed by atoms with Crippen LogP contribution in [0, 0.1) is 0 Å². The standard InChI is InChI=1S/C48H32N2O2/c1-28-30(3)51-45-20-17-32(24-41(28)45)42-25-36(35-22-33(29(2)49)21-34(23-35)31-11-5-4-6-12-31)26-47-48(42)40-19-18-37(27-46(40)52-47)50-43-15-9-7-13-38(43)39-14-8-10-16-44(39)50/h4-27H,1-3,49H2. The van der Waals surface area contributed by atoms with E-state index >= 15 is 0 Å². The Balaban J connectivity index is 1.25. The van der Waals surface area contributed by atoms with Crippen molar-refractivity contribution < 1.29 is 8.83 Å². The van der Waals surface area contributed by atoms with E-state index in [4.69, 9.17) is 14.6 Å². The number of benzene rings is 7. The third-order valence-corrected chi connectivity index (χ3v) is 10.3. The van der Waals surface area contributed by atoms with Crippen LogP contribution in [-0.4, -0.2) is 4.57 Å². The molecule has 4 nitrogen and oxygen atoms in total. The maximum Gasteiger partial charge on any atom is 0.137 e. The lowest BCUT2D eigenvalue weighted by Crippen LogP contribution is -2.15. The molecule has 10 rings (SSSR count). The van der Waals surface area contributed by atoms with Gasteiger partial charge in [-0.05, 0) is 106 Å². The van der Waals surface area contributed by atoms with Crippen LogP contribution in [-0.2, 0) is 0 Å². The van der Waals surface area contributed by atoms with Crippen LogP contribution in [0.2, 0.25) is 0 Å². The number of hydrogen-bond donors (Lipinski definition) is 1. The number of furan rings is 2. The lowest BCUT2D eigenvalue weighted by Gasteiger charge is -2.13. The van der Waals surface area contributed by atoms with Crippen molar-refractivity contribution >= 4 is 73.6 Å². The summed E-state index contributed by atoms with van der Waals surface area (Å²) in [6.45, 7) is 12.4. The summed E-state index contributed by atoms with van der Waals surface area (Å²) in [7, 11) is 0. The van der Waals surface area contributed by atoms with Gasteiger partial charge in [0, 0.05) is 49.6 Å². The molecule has 0 spiro atoms. The summed E-state index contributed by atoms with van der Waals surface area (Å²) in [5.41, 5.74) is 20.3. The quantitative estimate of drug-likeness (QED) is 0.199. The van der Waals surface area contributed by atoms with Crippen molar-refractivity contribution in [1.82, 2.24) is 4.57 Å². The normalized spacial score (nSPS) is 11.8. The van der Waals surface area contributed by atoms with E-state index in [9.17, 15) is 0 Å². The third-order valence-electron chi connectivity index (χ3n) is 10.3. The fourth-order valence-corrected chi connectivity index (χ4v) is 7.77. The zero-order chi connectivity index (χ0) is 35.1. The van der Waals surface area contributed by atoms with E-state index < -0.39 is 0 Å². The average Bonchev–Trinajstić information content (AvgIpc) is 3.82. The summed E-state index contributed by atoms with van der Waals surface area (Å²) >= 11 is 0. The van der Waals surface area contributed by atoms with Crippen molar-refractivity contribution in [2.75, 3.05) is 0 Å². The highest BCUT2D eigenvalue weighted by atomic mass is 16.3. The lowest BCUT2D eigenvalue weighted by molar-refractivity contribution is 0.577. The average molecular weight is 669 g/mol. The van der Waals surface area contributed by atoms with Crippen LogP contribution in [0.3, 0.4) is 0 Å². The largest absolute Gasteiger partial charge is 0.457 e. The summed E-state index contributed by atoms with van der Waals surface area (Å²) in [5.74, 6) is 0. The number of hydrogen-bond acceptors (Lipinski definition) is 3. The maximum absolute atomic E-state index is 6.85. The topological polar surface area (TPSA) is 57.2 Å². The number of aromatic nitrogens is 1. The van der Waals surface area contributed by atoms with Crippen molar-refractivity contribution in [3.8, 4) is 39.1 Å². The Hall–Kier alpha value is -7.04. The smallest absolute Gasteiger partial charge is 0.137 e. The van der Waals surface area contributed by atoms with Crippen LogP contribution < -0.4 is 16.4 Å². The zero-order valence-corrected chi connectivity index (χ0v) is 28.3. The SMILES string of the molecule is C=C(N)c1cc(-c2ccccc2)cc(-c2cc(-c3ccc4oc(=C)c(=C)c4c3)c3c(c2)oc2cc(-n4c5ccccc5c5ccccc54)ccc23)c1. The molecule has 0 saturated carbocycles. The number of rotatable bonds is 5. The van der Waals surface area contributed by atoms with Gasteiger partial charge in [0.05, 0.1) is 11.0 Å². The second-order valence-electron chi connectivity index (χ2n) is 13.5. The van der Waals surface area contributed by atoms with E-state index in [0.29, 0.717) is 11.1 Å². The Kier molecular flexibility index (Phi) is 6.45. The fourth-order valence-electron chi connectivity index (χ4n) is 7.77. The predicted octanol–water partition coefficient (Wildman–Crippen LogP) is 11.2. The Morgan fingerprint density at radius 1 is 0.500 bits per heavy atom. The third kappa shape index (κ3) is 4.55. The summed E-state index contributed by atoms with van der Waals surface area (Å²) in [6, 6.07) is 51.0. The molecule has 7 aromatic carbocycles. The monoisotopic (exact) mass is 668 g/mol. The minimum absolute atomic E-state index is 0.513. The molecule has 52 heavy (non-hydrogen) atoms. The Morgan fingerprint density at radius 2 is 1.17 bits per heavy atom. The molecular weight excluding hydrogens is 637 g/mol. The van der Waals surface area contributed by atoms with Crippen LogP contribution in [0.1, 0.15) is 5.56 Å². The number of nitrogens with two attached hydrogens (primary N) is 1. The van der Waals surface area contributed by atoms with E-state index in [1.165, 1.54) is 10.8 Å². The minimum Gasteiger partial charge on any atom is -0.457 e. The van der Waals surface area contributed by atoms with Crippen LogP contribution >= 0.6 is 0 Å². The molecule has 0 bridgehead atoms. The van der Waals surface area contributed by atoms with Gasteiger partial charge in [-0.15, -0.1) is 0 Å². The van der Waals surface area contributed by atoms with Gasteiger partial charge in [0.25, 0.3) is 0 Å². The Bertz CT molecular complexity index is 3140.